The molecule has 0 spiro atoms. The Bertz CT molecular complexity index is 1380. The molecule has 1 heterocycles. The van der Waals surface area contributed by atoms with Gasteiger partial charge in [0.25, 0.3) is 0 Å². The fraction of sp³-hybridized carbons (Fsp3) is 0.0714. The molecule has 0 saturated carbocycles. The van der Waals surface area contributed by atoms with E-state index in [0.29, 0.717) is 0 Å². The van der Waals surface area contributed by atoms with Crippen molar-refractivity contribution in [3.8, 4) is 17.2 Å². The number of benzene rings is 4. The van der Waals surface area contributed by atoms with Crippen LogP contribution in [0.2, 0.25) is 0 Å². The summed E-state index contributed by atoms with van der Waals surface area (Å²) in [7, 11) is 3.37. The van der Waals surface area contributed by atoms with Crippen LogP contribution in [0.15, 0.2) is 91.0 Å². The molecule has 0 N–H and O–H groups in total. The standard InChI is InChI=1S/C28H23NO2/c1-30-23-14-9-20(10-15-23)7-8-21-11-18-28-26(19-21)25-5-3-4-6-27(25)29(28)22-12-16-24(31-2)17-13-22/h3-19H,1-2H3. The van der Waals surface area contributed by atoms with E-state index in [1.54, 1.807) is 14.2 Å². The molecule has 3 nitrogen and oxygen atoms in total. The van der Waals surface area contributed by atoms with Gasteiger partial charge in [-0.15, -0.1) is 0 Å². The summed E-state index contributed by atoms with van der Waals surface area (Å²) in [6.07, 6.45) is 4.28. The van der Waals surface area contributed by atoms with Crippen LogP contribution in [-0.4, -0.2) is 18.8 Å². The molecular formula is C28H23NO2. The SMILES string of the molecule is COc1ccc(C=Cc2ccc3c(c2)c2ccccc2n3-c2ccc(OC)cc2)cc1. The predicted octanol–water partition coefficient (Wildman–Crippen LogP) is 6.97. The summed E-state index contributed by atoms with van der Waals surface area (Å²) in [5, 5.41) is 2.48. The molecule has 0 saturated heterocycles. The van der Waals surface area contributed by atoms with Crippen LogP contribution in [-0.2, 0) is 0 Å². The highest BCUT2D eigenvalue weighted by molar-refractivity contribution is 6.10. The lowest BCUT2D eigenvalue weighted by Gasteiger charge is -2.09. The van der Waals surface area contributed by atoms with Gasteiger partial charge in [0, 0.05) is 16.5 Å². The summed E-state index contributed by atoms with van der Waals surface area (Å²) >= 11 is 0. The molecule has 0 aliphatic heterocycles. The summed E-state index contributed by atoms with van der Waals surface area (Å²) in [5.41, 5.74) is 5.81. The van der Waals surface area contributed by atoms with Crippen LogP contribution in [0.1, 0.15) is 11.1 Å². The Kier molecular flexibility index (Phi) is 4.93. The topological polar surface area (TPSA) is 23.4 Å². The maximum Gasteiger partial charge on any atom is 0.119 e. The summed E-state index contributed by atoms with van der Waals surface area (Å²) in [5.74, 6) is 1.72. The minimum atomic E-state index is 0.857. The van der Waals surface area contributed by atoms with Crippen LogP contribution in [0.4, 0.5) is 0 Å². The third-order valence-electron chi connectivity index (χ3n) is 5.61. The molecular weight excluding hydrogens is 382 g/mol. The van der Waals surface area contributed by atoms with Gasteiger partial charge in [-0.3, -0.25) is 0 Å². The first kappa shape index (κ1) is 19.0. The molecule has 4 aromatic carbocycles. The van der Waals surface area contributed by atoms with Crippen molar-refractivity contribution in [3.63, 3.8) is 0 Å². The van der Waals surface area contributed by atoms with E-state index < -0.39 is 0 Å². The minimum Gasteiger partial charge on any atom is -0.497 e. The van der Waals surface area contributed by atoms with Gasteiger partial charge >= 0.3 is 0 Å². The lowest BCUT2D eigenvalue weighted by atomic mass is 10.1. The Morgan fingerprint density at radius 3 is 1.87 bits per heavy atom. The van der Waals surface area contributed by atoms with E-state index in [4.69, 9.17) is 9.47 Å². The lowest BCUT2D eigenvalue weighted by molar-refractivity contribution is 0.414. The van der Waals surface area contributed by atoms with Crippen LogP contribution in [0, 0.1) is 0 Å². The average molecular weight is 405 g/mol. The Morgan fingerprint density at radius 2 is 1.16 bits per heavy atom. The van der Waals surface area contributed by atoms with Crippen molar-refractivity contribution in [3.05, 3.63) is 102 Å². The van der Waals surface area contributed by atoms with Gasteiger partial charge in [0.15, 0.2) is 0 Å². The summed E-state index contributed by atoms with van der Waals surface area (Å²) in [4.78, 5) is 0. The highest BCUT2D eigenvalue weighted by Crippen LogP contribution is 2.33. The Labute approximate surface area is 181 Å². The second kappa shape index (κ2) is 8.04. The van der Waals surface area contributed by atoms with Crippen molar-refractivity contribution in [2.24, 2.45) is 0 Å². The van der Waals surface area contributed by atoms with Gasteiger partial charge in [0.05, 0.1) is 25.3 Å². The number of ether oxygens (including phenoxy) is 2. The molecule has 0 amide bonds. The molecule has 0 unspecified atom stereocenters. The molecule has 0 aliphatic carbocycles. The predicted molar refractivity (Wildman–Crippen MR) is 129 cm³/mol. The van der Waals surface area contributed by atoms with Gasteiger partial charge in [-0.05, 0) is 65.7 Å². The second-order valence-electron chi connectivity index (χ2n) is 7.43. The van der Waals surface area contributed by atoms with Crippen molar-refractivity contribution in [2.75, 3.05) is 14.2 Å². The number of rotatable bonds is 5. The zero-order chi connectivity index (χ0) is 21.2. The van der Waals surface area contributed by atoms with Crippen LogP contribution < -0.4 is 9.47 Å². The molecule has 0 atom stereocenters. The first-order chi connectivity index (χ1) is 15.3. The molecule has 1 aromatic heterocycles. The highest BCUT2D eigenvalue weighted by Gasteiger charge is 2.12. The molecule has 5 aromatic rings. The first-order valence-electron chi connectivity index (χ1n) is 10.3. The molecule has 3 heteroatoms. The van der Waals surface area contributed by atoms with Gasteiger partial charge < -0.3 is 14.0 Å². The lowest BCUT2D eigenvalue weighted by Crippen LogP contribution is -1.93. The molecule has 5 rings (SSSR count). The zero-order valence-electron chi connectivity index (χ0n) is 17.6. The van der Waals surface area contributed by atoms with Gasteiger partial charge in [-0.1, -0.05) is 48.6 Å². The molecule has 152 valence electrons. The van der Waals surface area contributed by atoms with Gasteiger partial charge in [-0.25, -0.2) is 0 Å². The fourth-order valence-electron chi connectivity index (χ4n) is 4.01. The molecule has 0 aliphatic rings. The summed E-state index contributed by atoms with van der Waals surface area (Å²) < 4.78 is 12.9. The third-order valence-corrected chi connectivity index (χ3v) is 5.61. The molecule has 31 heavy (non-hydrogen) atoms. The van der Waals surface area contributed by atoms with E-state index in [9.17, 15) is 0 Å². The number of aromatic nitrogens is 1. The van der Waals surface area contributed by atoms with Crippen molar-refractivity contribution < 1.29 is 9.47 Å². The number of hydrogen-bond donors (Lipinski definition) is 0. The number of nitrogens with zero attached hydrogens (tertiary/aromatic N) is 1. The molecule has 0 fully saturated rings. The monoisotopic (exact) mass is 405 g/mol. The molecule has 0 radical (unpaired) electrons. The van der Waals surface area contributed by atoms with Crippen molar-refractivity contribution >= 4 is 34.0 Å². The van der Waals surface area contributed by atoms with Crippen LogP contribution in [0.3, 0.4) is 0 Å². The third kappa shape index (κ3) is 3.55. The van der Waals surface area contributed by atoms with Gasteiger partial charge in [-0.2, -0.15) is 0 Å². The van der Waals surface area contributed by atoms with E-state index in [1.165, 1.54) is 27.4 Å². The number of methoxy groups -OCH3 is 2. The maximum absolute atomic E-state index is 5.33. The smallest absolute Gasteiger partial charge is 0.119 e. The van der Waals surface area contributed by atoms with E-state index in [-0.39, 0.29) is 0 Å². The Morgan fingerprint density at radius 1 is 0.581 bits per heavy atom. The quantitative estimate of drug-likeness (QED) is 0.295. The van der Waals surface area contributed by atoms with Crippen molar-refractivity contribution in [1.82, 2.24) is 4.57 Å². The van der Waals surface area contributed by atoms with E-state index in [2.05, 4.69) is 83.4 Å². The van der Waals surface area contributed by atoms with Gasteiger partial charge in [0.1, 0.15) is 11.5 Å². The number of hydrogen-bond acceptors (Lipinski definition) is 2. The highest BCUT2D eigenvalue weighted by atomic mass is 16.5. The largest absolute Gasteiger partial charge is 0.497 e. The van der Waals surface area contributed by atoms with E-state index in [0.717, 1.165) is 22.7 Å². The van der Waals surface area contributed by atoms with Crippen molar-refractivity contribution in [1.29, 1.82) is 0 Å². The summed E-state index contributed by atoms with van der Waals surface area (Å²) in [6.45, 7) is 0. The number of fused-ring (bicyclic) bond motifs is 3. The summed E-state index contributed by atoms with van der Waals surface area (Å²) in [6, 6.07) is 31.5. The normalized spacial score (nSPS) is 11.4. The average Bonchev–Trinajstić information content (AvgIpc) is 3.17. The van der Waals surface area contributed by atoms with E-state index in [1.807, 2.05) is 24.3 Å². The zero-order valence-corrected chi connectivity index (χ0v) is 17.6. The minimum absolute atomic E-state index is 0.857. The van der Waals surface area contributed by atoms with Crippen LogP contribution in [0.5, 0.6) is 11.5 Å². The first-order valence-corrected chi connectivity index (χ1v) is 10.3. The van der Waals surface area contributed by atoms with Crippen molar-refractivity contribution in [2.45, 2.75) is 0 Å². The molecule has 0 bridgehead atoms. The fourth-order valence-corrected chi connectivity index (χ4v) is 4.01. The second-order valence-corrected chi connectivity index (χ2v) is 7.43. The Hall–Kier alpha value is -3.98. The Balaban J connectivity index is 1.60. The van der Waals surface area contributed by atoms with Gasteiger partial charge in [0.2, 0.25) is 0 Å². The van der Waals surface area contributed by atoms with Crippen LogP contribution in [0.25, 0.3) is 39.6 Å². The van der Waals surface area contributed by atoms with E-state index >= 15 is 0 Å². The maximum atomic E-state index is 5.33. The number of para-hydroxylation sites is 1. The van der Waals surface area contributed by atoms with Crippen LogP contribution >= 0.6 is 0 Å².